The van der Waals surface area contributed by atoms with Gasteiger partial charge < -0.3 is 16.2 Å². The molecule has 0 aliphatic heterocycles. The fourth-order valence-electron chi connectivity index (χ4n) is 1.47. The number of hydrogen-bond acceptors (Lipinski definition) is 3. The fourth-order valence-corrected chi connectivity index (χ4v) is 1.47. The summed E-state index contributed by atoms with van der Waals surface area (Å²) in [6.45, 7) is 1.71. The fraction of sp³-hybridized carbons (Fsp3) is 0.333. The number of nitrogens with two attached hydrogens (primary N) is 1. The summed E-state index contributed by atoms with van der Waals surface area (Å²) in [6.07, 6.45) is 0.493. The molecule has 0 aliphatic rings. The van der Waals surface area contributed by atoms with E-state index in [1.165, 1.54) is 0 Å². The van der Waals surface area contributed by atoms with Gasteiger partial charge in [0.2, 0.25) is 5.91 Å². The Morgan fingerprint density at radius 2 is 2.18 bits per heavy atom. The van der Waals surface area contributed by atoms with Gasteiger partial charge >= 0.3 is 5.97 Å². The topological polar surface area (TPSA) is 92.4 Å². The molecule has 0 spiro atoms. The van der Waals surface area contributed by atoms with Crippen LogP contribution >= 0.6 is 0 Å². The normalized spacial score (nSPS) is 11.8. The minimum absolute atomic E-state index is 0.134. The minimum atomic E-state index is -1.02. The molecule has 0 fully saturated rings. The number of amides is 1. The van der Waals surface area contributed by atoms with E-state index in [9.17, 15) is 9.59 Å². The third-order valence-corrected chi connectivity index (χ3v) is 2.36. The number of carboxylic acid groups (broad SMARTS) is 1. The van der Waals surface area contributed by atoms with Gasteiger partial charge in [0, 0.05) is 5.69 Å². The van der Waals surface area contributed by atoms with Gasteiger partial charge in [-0.3, -0.25) is 4.79 Å². The van der Waals surface area contributed by atoms with E-state index in [2.05, 4.69) is 5.32 Å². The molecule has 0 aliphatic carbocycles. The summed E-state index contributed by atoms with van der Waals surface area (Å²) in [4.78, 5) is 22.3. The SMILES string of the molecule is CCC(NC(=O)Cc1cccc(N)c1)C(=O)O. The zero-order chi connectivity index (χ0) is 12.8. The van der Waals surface area contributed by atoms with E-state index >= 15 is 0 Å². The Morgan fingerprint density at radius 3 is 2.71 bits per heavy atom. The first-order chi connectivity index (χ1) is 8.02. The van der Waals surface area contributed by atoms with Crippen molar-refractivity contribution in [1.29, 1.82) is 0 Å². The lowest BCUT2D eigenvalue weighted by Gasteiger charge is -2.12. The van der Waals surface area contributed by atoms with Gasteiger partial charge in [0.05, 0.1) is 6.42 Å². The number of hydrogen-bond donors (Lipinski definition) is 3. The maximum Gasteiger partial charge on any atom is 0.326 e. The average Bonchev–Trinajstić information content (AvgIpc) is 2.25. The van der Waals surface area contributed by atoms with Crippen molar-refractivity contribution in [3.8, 4) is 0 Å². The predicted molar refractivity (Wildman–Crippen MR) is 64.4 cm³/mol. The predicted octanol–water partition coefficient (Wildman–Crippen LogP) is 0.791. The molecule has 0 saturated heterocycles. The van der Waals surface area contributed by atoms with E-state index in [0.29, 0.717) is 12.1 Å². The van der Waals surface area contributed by atoms with Gasteiger partial charge in [0.15, 0.2) is 0 Å². The third kappa shape index (κ3) is 4.14. The van der Waals surface area contributed by atoms with Crippen molar-refractivity contribution in [3.63, 3.8) is 0 Å². The minimum Gasteiger partial charge on any atom is -0.480 e. The lowest BCUT2D eigenvalue weighted by Crippen LogP contribution is -2.40. The van der Waals surface area contributed by atoms with Crippen molar-refractivity contribution in [2.75, 3.05) is 5.73 Å². The number of carbonyl (C=O) groups is 2. The smallest absolute Gasteiger partial charge is 0.326 e. The molecule has 1 aromatic rings. The molecular weight excluding hydrogens is 220 g/mol. The Bertz CT molecular complexity index is 418. The van der Waals surface area contributed by atoms with Crippen LogP contribution in [0.25, 0.3) is 0 Å². The summed E-state index contributed by atoms with van der Waals surface area (Å²) in [6, 6.07) is 6.13. The lowest BCUT2D eigenvalue weighted by atomic mass is 10.1. The Kier molecular flexibility index (Phi) is 4.51. The van der Waals surface area contributed by atoms with E-state index in [1.807, 2.05) is 0 Å². The first-order valence-corrected chi connectivity index (χ1v) is 5.39. The number of nitrogen functional groups attached to an aromatic ring is 1. The number of benzene rings is 1. The molecular formula is C12H16N2O3. The van der Waals surface area contributed by atoms with Crippen LogP contribution in [0.3, 0.4) is 0 Å². The quantitative estimate of drug-likeness (QED) is 0.659. The molecule has 5 heteroatoms. The molecule has 1 aromatic carbocycles. The van der Waals surface area contributed by atoms with Crippen LogP contribution in [0.5, 0.6) is 0 Å². The highest BCUT2D eigenvalue weighted by Crippen LogP contribution is 2.07. The van der Waals surface area contributed by atoms with Gasteiger partial charge in [-0.25, -0.2) is 4.79 Å². The number of aliphatic carboxylic acids is 1. The molecule has 1 amide bonds. The summed E-state index contributed by atoms with van der Waals surface area (Å²) < 4.78 is 0. The Morgan fingerprint density at radius 1 is 1.47 bits per heavy atom. The van der Waals surface area contributed by atoms with Crippen LogP contribution in [0.2, 0.25) is 0 Å². The van der Waals surface area contributed by atoms with Crippen molar-refractivity contribution < 1.29 is 14.7 Å². The number of carbonyl (C=O) groups excluding carboxylic acids is 1. The standard InChI is InChI=1S/C12H16N2O3/c1-2-10(12(16)17)14-11(15)7-8-4-3-5-9(13)6-8/h3-6,10H,2,7,13H2,1H3,(H,14,15)(H,16,17). The summed E-state index contributed by atoms with van der Waals surface area (Å²) in [5.41, 5.74) is 6.93. The molecule has 5 nitrogen and oxygen atoms in total. The van der Waals surface area contributed by atoms with Crippen LogP contribution in [-0.2, 0) is 16.0 Å². The molecule has 92 valence electrons. The monoisotopic (exact) mass is 236 g/mol. The molecule has 0 bridgehead atoms. The summed E-state index contributed by atoms with van der Waals surface area (Å²) in [5.74, 6) is -1.33. The Hall–Kier alpha value is -2.04. The molecule has 0 saturated carbocycles. The van der Waals surface area contributed by atoms with E-state index in [4.69, 9.17) is 10.8 Å². The maximum absolute atomic E-state index is 11.6. The third-order valence-electron chi connectivity index (χ3n) is 2.36. The highest BCUT2D eigenvalue weighted by atomic mass is 16.4. The Labute approximate surface area is 99.6 Å². The van der Waals surface area contributed by atoms with E-state index < -0.39 is 12.0 Å². The van der Waals surface area contributed by atoms with Gasteiger partial charge in [0.1, 0.15) is 6.04 Å². The maximum atomic E-state index is 11.6. The van der Waals surface area contributed by atoms with Crippen molar-refractivity contribution in [1.82, 2.24) is 5.32 Å². The van der Waals surface area contributed by atoms with Gasteiger partial charge in [0.25, 0.3) is 0 Å². The number of nitrogens with one attached hydrogen (secondary N) is 1. The van der Waals surface area contributed by atoms with Crippen molar-refractivity contribution in [2.24, 2.45) is 0 Å². The van der Waals surface area contributed by atoms with Gasteiger partial charge in [-0.15, -0.1) is 0 Å². The molecule has 1 rings (SSSR count). The van der Waals surface area contributed by atoms with Crippen molar-refractivity contribution in [2.45, 2.75) is 25.8 Å². The van der Waals surface area contributed by atoms with Gasteiger partial charge in [-0.1, -0.05) is 19.1 Å². The number of rotatable bonds is 5. The van der Waals surface area contributed by atoms with Gasteiger partial charge in [-0.05, 0) is 24.1 Å². The molecule has 0 aromatic heterocycles. The van der Waals surface area contributed by atoms with E-state index in [-0.39, 0.29) is 12.3 Å². The summed E-state index contributed by atoms with van der Waals surface area (Å²) in [7, 11) is 0. The lowest BCUT2D eigenvalue weighted by molar-refractivity contribution is -0.141. The zero-order valence-corrected chi connectivity index (χ0v) is 9.64. The second kappa shape index (κ2) is 5.89. The van der Waals surface area contributed by atoms with Crippen LogP contribution < -0.4 is 11.1 Å². The second-order valence-electron chi connectivity index (χ2n) is 3.79. The highest BCUT2D eigenvalue weighted by molar-refractivity contribution is 5.84. The summed E-state index contributed by atoms with van der Waals surface area (Å²) >= 11 is 0. The van der Waals surface area contributed by atoms with Gasteiger partial charge in [-0.2, -0.15) is 0 Å². The van der Waals surface area contributed by atoms with Crippen LogP contribution in [0.4, 0.5) is 5.69 Å². The molecule has 1 atom stereocenters. The largest absolute Gasteiger partial charge is 0.480 e. The molecule has 0 radical (unpaired) electrons. The highest BCUT2D eigenvalue weighted by Gasteiger charge is 2.17. The van der Waals surface area contributed by atoms with Crippen molar-refractivity contribution >= 4 is 17.6 Å². The first kappa shape index (κ1) is 13.0. The van der Waals surface area contributed by atoms with Crippen LogP contribution in [0.15, 0.2) is 24.3 Å². The average molecular weight is 236 g/mol. The Balaban J connectivity index is 2.58. The first-order valence-electron chi connectivity index (χ1n) is 5.39. The van der Waals surface area contributed by atoms with Crippen LogP contribution in [0, 0.1) is 0 Å². The number of carboxylic acids is 1. The second-order valence-corrected chi connectivity index (χ2v) is 3.79. The summed E-state index contributed by atoms with van der Waals surface area (Å²) in [5, 5.41) is 11.3. The molecule has 1 unspecified atom stereocenters. The van der Waals surface area contributed by atoms with Crippen LogP contribution in [0.1, 0.15) is 18.9 Å². The van der Waals surface area contributed by atoms with E-state index in [0.717, 1.165) is 5.56 Å². The molecule has 17 heavy (non-hydrogen) atoms. The number of anilines is 1. The van der Waals surface area contributed by atoms with E-state index in [1.54, 1.807) is 31.2 Å². The van der Waals surface area contributed by atoms with Crippen molar-refractivity contribution in [3.05, 3.63) is 29.8 Å². The molecule has 0 heterocycles. The molecule has 4 N–H and O–H groups in total. The van der Waals surface area contributed by atoms with Crippen LogP contribution in [-0.4, -0.2) is 23.0 Å². The zero-order valence-electron chi connectivity index (χ0n) is 9.64.